The third kappa shape index (κ3) is 5.38. The number of nitrogens with one attached hydrogen (secondary N) is 1. The number of carbonyl (C=O) groups is 1. The van der Waals surface area contributed by atoms with Gasteiger partial charge in [-0.3, -0.25) is 4.79 Å². The minimum absolute atomic E-state index is 0.0835. The van der Waals surface area contributed by atoms with Crippen molar-refractivity contribution in [2.24, 2.45) is 5.92 Å². The summed E-state index contributed by atoms with van der Waals surface area (Å²) in [6, 6.07) is 4.01. The number of benzene rings is 1. The highest BCUT2D eigenvalue weighted by molar-refractivity contribution is 8.00. The molecule has 0 aliphatic rings. The first-order valence-electron chi connectivity index (χ1n) is 5.92. The Morgan fingerprint density at radius 1 is 1.53 bits per heavy atom. The lowest BCUT2D eigenvalue weighted by Gasteiger charge is -2.14. The van der Waals surface area contributed by atoms with E-state index in [4.69, 9.17) is 16.7 Å². The van der Waals surface area contributed by atoms with Crippen molar-refractivity contribution in [3.05, 3.63) is 29.0 Å². The highest BCUT2D eigenvalue weighted by Gasteiger charge is 2.16. The molecule has 0 aromatic heterocycles. The Bertz CT molecular complexity index is 445. The van der Waals surface area contributed by atoms with Crippen LogP contribution < -0.4 is 5.32 Å². The molecule has 1 aromatic rings. The number of rotatable bonds is 6. The maximum absolute atomic E-state index is 13.4. The molecule has 1 rings (SSSR count). The summed E-state index contributed by atoms with van der Waals surface area (Å²) in [5.41, 5.74) is 0.0835. The van der Waals surface area contributed by atoms with Gasteiger partial charge in [-0.1, -0.05) is 18.5 Å². The van der Waals surface area contributed by atoms with Gasteiger partial charge in [0.15, 0.2) is 0 Å². The number of amides is 1. The summed E-state index contributed by atoms with van der Waals surface area (Å²) in [4.78, 5) is 11.9. The number of anilines is 1. The predicted octanol–water partition coefficient (Wildman–Crippen LogP) is 3.17. The lowest BCUT2D eigenvalue weighted by atomic mass is 10.2. The molecule has 0 radical (unpaired) electrons. The van der Waals surface area contributed by atoms with Crippen LogP contribution in [0.1, 0.15) is 13.8 Å². The maximum atomic E-state index is 13.4. The van der Waals surface area contributed by atoms with Gasteiger partial charge in [0.2, 0.25) is 5.91 Å². The Kier molecular flexibility index (Phi) is 6.62. The molecule has 0 spiro atoms. The van der Waals surface area contributed by atoms with Crippen LogP contribution >= 0.6 is 23.4 Å². The van der Waals surface area contributed by atoms with Gasteiger partial charge in [-0.25, -0.2) is 4.39 Å². The monoisotopic (exact) mass is 305 g/mol. The number of hydrogen-bond donors (Lipinski definition) is 2. The van der Waals surface area contributed by atoms with Crippen molar-refractivity contribution in [2.75, 3.05) is 17.7 Å². The third-order valence-electron chi connectivity index (χ3n) is 2.50. The van der Waals surface area contributed by atoms with Crippen LogP contribution in [-0.4, -0.2) is 28.6 Å². The van der Waals surface area contributed by atoms with Gasteiger partial charge in [-0.2, -0.15) is 0 Å². The molecule has 0 heterocycles. The van der Waals surface area contributed by atoms with E-state index in [1.165, 1.54) is 30.0 Å². The van der Waals surface area contributed by atoms with Crippen LogP contribution in [0.15, 0.2) is 18.2 Å². The molecule has 2 atom stereocenters. The number of thioether (sulfide) groups is 1. The molecule has 106 valence electrons. The fourth-order valence-electron chi connectivity index (χ4n) is 1.26. The van der Waals surface area contributed by atoms with Crippen LogP contribution in [0.3, 0.4) is 0 Å². The minimum Gasteiger partial charge on any atom is -0.396 e. The Hall–Kier alpha value is -0.780. The fraction of sp³-hybridized carbons (Fsp3) is 0.462. The van der Waals surface area contributed by atoms with Crippen molar-refractivity contribution in [1.29, 1.82) is 0 Å². The average Bonchev–Trinajstić information content (AvgIpc) is 2.39. The van der Waals surface area contributed by atoms with Gasteiger partial charge in [-0.15, -0.1) is 11.8 Å². The second kappa shape index (κ2) is 7.72. The second-order valence-corrected chi connectivity index (χ2v) is 6.19. The van der Waals surface area contributed by atoms with Gasteiger partial charge < -0.3 is 10.4 Å². The molecule has 3 nitrogen and oxygen atoms in total. The molecule has 2 N–H and O–H groups in total. The normalized spacial score (nSPS) is 13.9. The van der Waals surface area contributed by atoms with Crippen LogP contribution in [0.25, 0.3) is 0 Å². The van der Waals surface area contributed by atoms with Crippen LogP contribution in [0, 0.1) is 11.7 Å². The number of hydrogen-bond acceptors (Lipinski definition) is 3. The van der Waals surface area contributed by atoms with E-state index in [9.17, 15) is 9.18 Å². The van der Waals surface area contributed by atoms with Crippen LogP contribution in [0.5, 0.6) is 0 Å². The first-order chi connectivity index (χ1) is 8.93. The van der Waals surface area contributed by atoms with Crippen LogP contribution in [0.2, 0.25) is 5.02 Å². The van der Waals surface area contributed by atoms with Crippen molar-refractivity contribution < 1.29 is 14.3 Å². The summed E-state index contributed by atoms with van der Waals surface area (Å²) < 4.78 is 13.4. The lowest BCUT2D eigenvalue weighted by molar-refractivity contribution is -0.115. The third-order valence-corrected chi connectivity index (χ3v) is 4.21. The highest BCUT2D eigenvalue weighted by Crippen LogP contribution is 2.21. The fourth-order valence-corrected chi connectivity index (χ4v) is 2.37. The Balaban J connectivity index is 2.56. The quantitative estimate of drug-likeness (QED) is 0.849. The van der Waals surface area contributed by atoms with E-state index in [0.29, 0.717) is 10.8 Å². The van der Waals surface area contributed by atoms with E-state index >= 15 is 0 Å². The number of halogens is 2. The molecule has 1 amide bonds. The minimum atomic E-state index is -0.515. The summed E-state index contributed by atoms with van der Waals surface area (Å²) in [5, 5.41) is 11.5. The molecular formula is C13H17ClFNO2S. The molecule has 0 bridgehead atoms. The predicted molar refractivity (Wildman–Crippen MR) is 78.2 cm³/mol. The molecule has 0 saturated carbocycles. The zero-order valence-electron chi connectivity index (χ0n) is 10.8. The van der Waals surface area contributed by atoms with E-state index in [1.807, 2.05) is 6.92 Å². The van der Waals surface area contributed by atoms with Gasteiger partial charge in [0.05, 0.1) is 10.9 Å². The first-order valence-corrected chi connectivity index (χ1v) is 7.35. The highest BCUT2D eigenvalue weighted by atomic mass is 35.5. The Morgan fingerprint density at radius 2 is 2.21 bits per heavy atom. The van der Waals surface area contributed by atoms with Crippen LogP contribution in [-0.2, 0) is 4.79 Å². The zero-order valence-corrected chi connectivity index (χ0v) is 12.4. The molecule has 6 heteroatoms. The van der Waals surface area contributed by atoms with E-state index in [0.717, 1.165) is 0 Å². The Labute approximate surface area is 121 Å². The number of carbonyl (C=O) groups excluding carboxylic acids is 1. The van der Waals surface area contributed by atoms with Crippen LogP contribution in [0.4, 0.5) is 10.1 Å². The summed E-state index contributed by atoms with van der Waals surface area (Å²) in [7, 11) is 0. The standard InChI is InChI=1S/C13H17ClFNO2S/c1-8(6-17)7-19-9(2)13(18)16-12-5-10(14)3-4-11(12)15/h3-5,8-9,17H,6-7H2,1-2H3,(H,16,18)/t8-,9+/m1/s1. The number of aliphatic hydroxyl groups excluding tert-OH is 1. The summed E-state index contributed by atoms with van der Waals surface area (Å²) >= 11 is 7.17. The van der Waals surface area contributed by atoms with Crippen molar-refractivity contribution >= 4 is 35.0 Å². The summed E-state index contributed by atoms with van der Waals surface area (Å²) in [6.45, 7) is 3.73. The topological polar surface area (TPSA) is 49.3 Å². The van der Waals surface area contributed by atoms with Gasteiger partial charge in [-0.05, 0) is 36.8 Å². The van der Waals surface area contributed by atoms with Gasteiger partial charge in [0.1, 0.15) is 5.82 Å². The molecule has 1 aromatic carbocycles. The van der Waals surface area contributed by atoms with E-state index in [2.05, 4.69) is 5.32 Å². The summed E-state index contributed by atoms with van der Waals surface area (Å²) in [5.74, 6) is 0.00137. The van der Waals surface area contributed by atoms with Crippen molar-refractivity contribution in [1.82, 2.24) is 0 Å². The maximum Gasteiger partial charge on any atom is 0.237 e. The SMILES string of the molecule is C[C@H](CO)CS[C@@H](C)C(=O)Nc1cc(Cl)ccc1F. The Morgan fingerprint density at radius 3 is 2.84 bits per heavy atom. The van der Waals surface area contributed by atoms with E-state index in [1.54, 1.807) is 6.92 Å². The summed E-state index contributed by atoms with van der Waals surface area (Å²) in [6.07, 6.45) is 0. The molecule has 0 aliphatic carbocycles. The van der Waals surface area contributed by atoms with Gasteiger partial charge >= 0.3 is 0 Å². The zero-order chi connectivity index (χ0) is 14.4. The molecular weight excluding hydrogens is 289 g/mol. The molecule has 0 saturated heterocycles. The molecule has 0 fully saturated rings. The average molecular weight is 306 g/mol. The first kappa shape index (κ1) is 16.3. The smallest absolute Gasteiger partial charge is 0.237 e. The largest absolute Gasteiger partial charge is 0.396 e. The van der Waals surface area contributed by atoms with Crippen molar-refractivity contribution in [3.63, 3.8) is 0 Å². The van der Waals surface area contributed by atoms with Gasteiger partial charge in [0, 0.05) is 11.6 Å². The van der Waals surface area contributed by atoms with Gasteiger partial charge in [0.25, 0.3) is 0 Å². The molecule has 0 aliphatic heterocycles. The van der Waals surface area contributed by atoms with E-state index in [-0.39, 0.29) is 29.4 Å². The van der Waals surface area contributed by atoms with Crippen molar-refractivity contribution in [3.8, 4) is 0 Å². The molecule has 19 heavy (non-hydrogen) atoms. The second-order valence-electron chi connectivity index (χ2n) is 4.38. The molecule has 0 unspecified atom stereocenters. The van der Waals surface area contributed by atoms with E-state index < -0.39 is 5.82 Å². The number of aliphatic hydroxyl groups is 1. The lowest BCUT2D eigenvalue weighted by Crippen LogP contribution is -2.24. The van der Waals surface area contributed by atoms with Crippen molar-refractivity contribution in [2.45, 2.75) is 19.1 Å².